The molecule has 2 amide bonds. The molecule has 0 spiro atoms. The van der Waals surface area contributed by atoms with Crippen LogP contribution in [0.2, 0.25) is 0 Å². The highest BCUT2D eigenvalue weighted by molar-refractivity contribution is 5.88. The van der Waals surface area contributed by atoms with E-state index >= 15 is 0 Å². The highest BCUT2D eigenvalue weighted by Gasteiger charge is 2.18. The Morgan fingerprint density at radius 1 is 1.14 bits per heavy atom. The SMILES string of the molecule is O=C(NCc1ccccc1)Nc1cnn(-c2ncncc2N2CCOCC2)c1. The summed E-state index contributed by atoms with van der Waals surface area (Å²) in [4.78, 5) is 22.8. The number of nitrogens with zero attached hydrogens (tertiary/aromatic N) is 5. The lowest BCUT2D eigenvalue weighted by molar-refractivity contribution is 0.122. The maximum absolute atomic E-state index is 12.1. The van der Waals surface area contributed by atoms with Crippen LogP contribution in [0.1, 0.15) is 5.56 Å². The Hall–Kier alpha value is -3.46. The van der Waals surface area contributed by atoms with E-state index in [2.05, 4.69) is 30.6 Å². The molecule has 4 rings (SSSR count). The summed E-state index contributed by atoms with van der Waals surface area (Å²) < 4.78 is 7.05. The normalized spacial score (nSPS) is 13.9. The van der Waals surface area contributed by atoms with Crippen LogP contribution in [0.4, 0.5) is 16.2 Å². The minimum absolute atomic E-state index is 0.292. The van der Waals surface area contributed by atoms with Gasteiger partial charge in [0.15, 0.2) is 5.82 Å². The van der Waals surface area contributed by atoms with Crippen LogP contribution >= 0.6 is 0 Å². The fourth-order valence-corrected chi connectivity index (χ4v) is 2.98. The topological polar surface area (TPSA) is 97.2 Å². The zero-order valence-corrected chi connectivity index (χ0v) is 15.3. The Kier molecular flexibility index (Phi) is 5.43. The molecular weight excluding hydrogens is 358 g/mol. The maximum Gasteiger partial charge on any atom is 0.319 e. The number of hydrogen-bond acceptors (Lipinski definition) is 6. The van der Waals surface area contributed by atoms with Crippen molar-refractivity contribution in [2.45, 2.75) is 6.54 Å². The van der Waals surface area contributed by atoms with Crippen molar-refractivity contribution in [3.8, 4) is 5.82 Å². The lowest BCUT2D eigenvalue weighted by atomic mass is 10.2. The van der Waals surface area contributed by atoms with Crippen LogP contribution < -0.4 is 15.5 Å². The molecule has 0 atom stereocenters. The molecule has 9 heteroatoms. The first-order valence-electron chi connectivity index (χ1n) is 9.06. The monoisotopic (exact) mass is 379 g/mol. The molecule has 1 fully saturated rings. The first kappa shape index (κ1) is 17.9. The van der Waals surface area contributed by atoms with Crippen molar-refractivity contribution in [2.75, 3.05) is 36.5 Å². The van der Waals surface area contributed by atoms with Gasteiger partial charge >= 0.3 is 6.03 Å². The van der Waals surface area contributed by atoms with Crippen molar-refractivity contribution >= 4 is 17.4 Å². The number of amides is 2. The fraction of sp³-hybridized carbons (Fsp3) is 0.263. The van der Waals surface area contributed by atoms with Crippen LogP contribution in [0.5, 0.6) is 0 Å². The van der Waals surface area contributed by atoms with Gasteiger partial charge in [-0.15, -0.1) is 0 Å². The Balaban J connectivity index is 1.42. The fourth-order valence-electron chi connectivity index (χ4n) is 2.98. The molecule has 0 aliphatic carbocycles. The molecule has 1 aromatic carbocycles. The number of urea groups is 1. The number of nitrogens with one attached hydrogen (secondary N) is 2. The average Bonchev–Trinajstić information content (AvgIpc) is 3.22. The second-order valence-corrected chi connectivity index (χ2v) is 6.30. The third kappa shape index (κ3) is 4.26. The molecule has 0 saturated carbocycles. The molecule has 1 saturated heterocycles. The summed E-state index contributed by atoms with van der Waals surface area (Å²) in [6.45, 7) is 3.33. The van der Waals surface area contributed by atoms with E-state index in [4.69, 9.17) is 4.74 Å². The lowest BCUT2D eigenvalue weighted by Crippen LogP contribution is -2.37. The largest absolute Gasteiger partial charge is 0.378 e. The van der Waals surface area contributed by atoms with Crippen LogP contribution in [0.3, 0.4) is 0 Å². The van der Waals surface area contributed by atoms with Gasteiger partial charge in [-0.3, -0.25) is 0 Å². The van der Waals surface area contributed by atoms with Gasteiger partial charge in [0, 0.05) is 19.6 Å². The number of anilines is 2. The van der Waals surface area contributed by atoms with Crippen molar-refractivity contribution < 1.29 is 9.53 Å². The predicted molar refractivity (Wildman–Crippen MR) is 104 cm³/mol. The summed E-state index contributed by atoms with van der Waals surface area (Å²) >= 11 is 0. The zero-order chi connectivity index (χ0) is 19.2. The van der Waals surface area contributed by atoms with Gasteiger partial charge < -0.3 is 20.3 Å². The molecule has 2 N–H and O–H groups in total. The number of hydrogen-bond donors (Lipinski definition) is 2. The van der Waals surface area contributed by atoms with Crippen molar-refractivity contribution in [3.05, 3.63) is 60.8 Å². The summed E-state index contributed by atoms with van der Waals surface area (Å²) in [5.41, 5.74) is 2.50. The second kappa shape index (κ2) is 8.49. The third-order valence-corrected chi connectivity index (χ3v) is 4.38. The Morgan fingerprint density at radius 2 is 1.96 bits per heavy atom. The first-order valence-corrected chi connectivity index (χ1v) is 9.06. The summed E-state index contributed by atoms with van der Waals surface area (Å²) in [7, 11) is 0. The number of carbonyl (C=O) groups is 1. The van der Waals surface area contributed by atoms with Gasteiger partial charge in [-0.1, -0.05) is 30.3 Å². The summed E-state index contributed by atoms with van der Waals surface area (Å²) in [5.74, 6) is 0.662. The number of ether oxygens (including phenoxy) is 1. The van der Waals surface area contributed by atoms with E-state index in [9.17, 15) is 4.79 Å². The van der Waals surface area contributed by atoms with E-state index in [0.717, 1.165) is 24.3 Å². The number of morpholine rings is 1. The molecule has 1 aliphatic heterocycles. The van der Waals surface area contributed by atoms with Gasteiger partial charge in [-0.05, 0) is 5.56 Å². The minimum Gasteiger partial charge on any atom is -0.378 e. The van der Waals surface area contributed by atoms with E-state index in [1.165, 1.54) is 6.33 Å². The molecule has 2 aromatic heterocycles. The summed E-state index contributed by atoms with van der Waals surface area (Å²) in [6, 6.07) is 9.44. The van der Waals surface area contributed by atoms with Gasteiger partial charge in [0.2, 0.25) is 0 Å². The maximum atomic E-state index is 12.1. The van der Waals surface area contributed by atoms with E-state index in [1.54, 1.807) is 23.3 Å². The van der Waals surface area contributed by atoms with Gasteiger partial charge in [0.1, 0.15) is 12.0 Å². The second-order valence-electron chi connectivity index (χ2n) is 6.30. The Bertz CT molecular complexity index is 923. The lowest BCUT2D eigenvalue weighted by Gasteiger charge is -2.29. The van der Waals surface area contributed by atoms with E-state index in [0.29, 0.717) is 31.3 Å². The van der Waals surface area contributed by atoms with Crippen LogP contribution in [0.25, 0.3) is 5.82 Å². The number of benzene rings is 1. The average molecular weight is 379 g/mol. The van der Waals surface area contributed by atoms with Gasteiger partial charge in [0.05, 0.1) is 37.5 Å². The number of carbonyl (C=O) groups excluding carboxylic acids is 1. The van der Waals surface area contributed by atoms with Gasteiger partial charge in [-0.25, -0.2) is 19.4 Å². The standard InChI is InChI=1S/C19H21N7O2/c27-19(21-10-15-4-2-1-3-5-15)24-16-11-23-26(13-16)18-17(12-20-14-22-18)25-6-8-28-9-7-25/h1-5,11-14H,6-10H2,(H2,21,24,27). The third-order valence-electron chi connectivity index (χ3n) is 4.38. The Labute approximate surface area is 162 Å². The molecule has 3 aromatic rings. The molecule has 28 heavy (non-hydrogen) atoms. The predicted octanol–water partition coefficient (Wildman–Crippen LogP) is 1.82. The molecule has 9 nitrogen and oxygen atoms in total. The van der Waals surface area contributed by atoms with Crippen molar-refractivity contribution in [1.82, 2.24) is 25.1 Å². The molecule has 1 aliphatic rings. The zero-order valence-electron chi connectivity index (χ0n) is 15.3. The summed E-state index contributed by atoms with van der Waals surface area (Å²) in [5, 5.41) is 9.95. The van der Waals surface area contributed by atoms with E-state index in [-0.39, 0.29) is 6.03 Å². The van der Waals surface area contributed by atoms with Crippen LogP contribution in [-0.4, -0.2) is 52.1 Å². The molecule has 0 radical (unpaired) electrons. The summed E-state index contributed by atoms with van der Waals surface area (Å²) in [6.07, 6.45) is 6.58. The highest BCUT2D eigenvalue weighted by Crippen LogP contribution is 2.22. The first-order chi connectivity index (χ1) is 13.8. The van der Waals surface area contributed by atoms with Crippen molar-refractivity contribution in [2.24, 2.45) is 0 Å². The number of aromatic nitrogens is 4. The van der Waals surface area contributed by atoms with Crippen LogP contribution in [-0.2, 0) is 11.3 Å². The highest BCUT2D eigenvalue weighted by atomic mass is 16.5. The van der Waals surface area contributed by atoms with Crippen molar-refractivity contribution in [1.29, 1.82) is 0 Å². The smallest absolute Gasteiger partial charge is 0.319 e. The van der Waals surface area contributed by atoms with Gasteiger partial charge in [-0.2, -0.15) is 5.10 Å². The molecular formula is C19H21N7O2. The van der Waals surface area contributed by atoms with E-state index in [1.807, 2.05) is 30.3 Å². The molecule has 0 unspecified atom stereocenters. The van der Waals surface area contributed by atoms with Crippen LogP contribution in [0.15, 0.2) is 55.2 Å². The Morgan fingerprint density at radius 3 is 2.79 bits per heavy atom. The quantitative estimate of drug-likeness (QED) is 0.702. The minimum atomic E-state index is -0.292. The molecule has 3 heterocycles. The molecule has 144 valence electrons. The van der Waals surface area contributed by atoms with Crippen molar-refractivity contribution in [3.63, 3.8) is 0 Å². The molecule has 0 bridgehead atoms. The van der Waals surface area contributed by atoms with E-state index < -0.39 is 0 Å². The van der Waals surface area contributed by atoms with Gasteiger partial charge in [0.25, 0.3) is 0 Å². The van der Waals surface area contributed by atoms with Crippen LogP contribution in [0, 0.1) is 0 Å². The number of rotatable bonds is 5.